The van der Waals surface area contributed by atoms with Gasteiger partial charge in [0.15, 0.2) is 0 Å². The summed E-state index contributed by atoms with van der Waals surface area (Å²) in [6.45, 7) is 4.93. The molecule has 64 valence electrons. The van der Waals surface area contributed by atoms with E-state index in [9.17, 15) is 0 Å². The van der Waals surface area contributed by atoms with Gasteiger partial charge in [0.05, 0.1) is 0 Å². The van der Waals surface area contributed by atoms with Crippen LogP contribution in [0.3, 0.4) is 0 Å². The van der Waals surface area contributed by atoms with Crippen molar-refractivity contribution in [1.29, 1.82) is 0 Å². The summed E-state index contributed by atoms with van der Waals surface area (Å²) in [5.41, 5.74) is 0. The second kappa shape index (κ2) is 2.80. The quantitative estimate of drug-likeness (QED) is 0.498. The van der Waals surface area contributed by atoms with Gasteiger partial charge in [0, 0.05) is 0 Å². The predicted octanol–water partition coefficient (Wildman–Crippen LogP) is 3.47. The molecule has 0 nitrogen and oxygen atoms in total. The van der Waals surface area contributed by atoms with E-state index < -0.39 is 0 Å². The topological polar surface area (TPSA) is 0 Å². The van der Waals surface area contributed by atoms with Crippen LogP contribution in [0.1, 0.15) is 46.0 Å². The Morgan fingerprint density at radius 1 is 0.909 bits per heavy atom. The minimum absolute atomic E-state index is 1.03. The smallest absolute Gasteiger partial charge is 0.0383 e. The van der Waals surface area contributed by atoms with Crippen LogP contribution in [0.5, 0.6) is 0 Å². The summed E-state index contributed by atoms with van der Waals surface area (Å²) in [4.78, 5) is 0. The summed E-state index contributed by atoms with van der Waals surface area (Å²) in [5, 5.41) is 0. The van der Waals surface area contributed by atoms with Crippen molar-refractivity contribution >= 4 is 0 Å². The highest BCUT2D eigenvalue weighted by atomic mass is 14.4. The van der Waals surface area contributed by atoms with E-state index in [0.717, 1.165) is 23.7 Å². The summed E-state index contributed by atoms with van der Waals surface area (Å²) >= 11 is 0. The number of hydrogen-bond donors (Lipinski definition) is 0. The number of hydrogen-bond acceptors (Lipinski definition) is 0. The maximum Gasteiger partial charge on any atom is -0.0383 e. The van der Waals surface area contributed by atoms with Crippen molar-refractivity contribution in [1.82, 2.24) is 0 Å². The number of rotatable bonds is 0. The molecule has 0 aliphatic heterocycles. The van der Waals surface area contributed by atoms with Crippen molar-refractivity contribution in [2.75, 3.05) is 0 Å². The summed E-state index contributed by atoms with van der Waals surface area (Å²) in [6, 6.07) is 0. The fourth-order valence-electron chi connectivity index (χ4n) is 3.35. The lowest BCUT2D eigenvalue weighted by molar-refractivity contribution is 0.0740. The van der Waals surface area contributed by atoms with Crippen molar-refractivity contribution in [2.24, 2.45) is 23.7 Å². The number of fused-ring (bicyclic) bond motifs is 2. The lowest BCUT2D eigenvalue weighted by Gasteiger charge is -2.43. The second-order valence-corrected chi connectivity index (χ2v) is 4.89. The van der Waals surface area contributed by atoms with Crippen LogP contribution >= 0.6 is 0 Å². The van der Waals surface area contributed by atoms with Crippen LogP contribution in [-0.4, -0.2) is 0 Å². The fraction of sp³-hybridized carbons (Fsp3) is 1.00. The highest BCUT2D eigenvalue weighted by Crippen LogP contribution is 2.46. The molecule has 2 aliphatic rings. The summed E-state index contributed by atoms with van der Waals surface area (Å²) in [5.74, 6) is 4.27. The molecule has 2 fully saturated rings. The zero-order valence-electron chi connectivity index (χ0n) is 7.84. The Balaban J connectivity index is 2.07. The zero-order chi connectivity index (χ0) is 7.84. The van der Waals surface area contributed by atoms with E-state index in [1.165, 1.54) is 32.1 Å². The minimum Gasteiger partial charge on any atom is -0.0625 e. The molecule has 11 heavy (non-hydrogen) atoms. The molecule has 0 aromatic carbocycles. The molecule has 0 heteroatoms. The standard InChI is InChI=1S/C11H20/c1-8-6-10-4-3-5-11(7-8)9(10)2/h8-11H,3-7H2,1-2H3. The maximum absolute atomic E-state index is 2.49. The van der Waals surface area contributed by atoms with Crippen molar-refractivity contribution in [3.8, 4) is 0 Å². The van der Waals surface area contributed by atoms with Crippen LogP contribution in [0, 0.1) is 23.7 Å². The van der Waals surface area contributed by atoms with Crippen LogP contribution < -0.4 is 0 Å². The van der Waals surface area contributed by atoms with Crippen LogP contribution in [0.4, 0.5) is 0 Å². The Hall–Kier alpha value is 0. The van der Waals surface area contributed by atoms with Crippen molar-refractivity contribution in [3.63, 3.8) is 0 Å². The van der Waals surface area contributed by atoms with E-state index in [-0.39, 0.29) is 0 Å². The molecular formula is C11H20. The zero-order valence-corrected chi connectivity index (χ0v) is 7.84. The molecule has 2 bridgehead atoms. The summed E-state index contributed by atoms with van der Waals surface area (Å²) < 4.78 is 0. The Kier molecular flexibility index (Phi) is 1.95. The molecule has 2 unspecified atom stereocenters. The van der Waals surface area contributed by atoms with Gasteiger partial charge in [-0.05, 0) is 36.5 Å². The Bertz CT molecular complexity index is 125. The monoisotopic (exact) mass is 152 g/mol. The molecule has 0 amide bonds. The average Bonchev–Trinajstić information content (AvgIpc) is 1.92. The van der Waals surface area contributed by atoms with Gasteiger partial charge in [0.25, 0.3) is 0 Å². The van der Waals surface area contributed by atoms with Crippen LogP contribution in [0.2, 0.25) is 0 Å². The molecule has 2 saturated carbocycles. The lowest BCUT2D eigenvalue weighted by atomic mass is 9.62. The van der Waals surface area contributed by atoms with Crippen LogP contribution in [-0.2, 0) is 0 Å². The van der Waals surface area contributed by atoms with E-state index >= 15 is 0 Å². The van der Waals surface area contributed by atoms with Crippen molar-refractivity contribution in [2.45, 2.75) is 46.0 Å². The van der Waals surface area contributed by atoms with E-state index in [1.807, 2.05) is 0 Å². The maximum atomic E-state index is 2.49. The summed E-state index contributed by atoms with van der Waals surface area (Å²) in [6.07, 6.45) is 7.63. The largest absolute Gasteiger partial charge is 0.0625 e. The van der Waals surface area contributed by atoms with Gasteiger partial charge in [-0.25, -0.2) is 0 Å². The Labute approximate surface area is 70.4 Å². The average molecular weight is 152 g/mol. The van der Waals surface area contributed by atoms with Gasteiger partial charge in [-0.2, -0.15) is 0 Å². The first-order chi connectivity index (χ1) is 5.27. The minimum atomic E-state index is 1.03. The highest BCUT2D eigenvalue weighted by Gasteiger charge is 2.35. The molecule has 2 aliphatic carbocycles. The third kappa shape index (κ3) is 1.32. The van der Waals surface area contributed by atoms with Gasteiger partial charge in [-0.15, -0.1) is 0 Å². The van der Waals surface area contributed by atoms with E-state index in [2.05, 4.69) is 13.8 Å². The van der Waals surface area contributed by atoms with Crippen molar-refractivity contribution in [3.05, 3.63) is 0 Å². The van der Waals surface area contributed by atoms with Gasteiger partial charge < -0.3 is 0 Å². The molecule has 0 saturated heterocycles. The van der Waals surface area contributed by atoms with Gasteiger partial charge >= 0.3 is 0 Å². The normalized spacial score (nSPS) is 50.7. The van der Waals surface area contributed by atoms with Gasteiger partial charge in [-0.1, -0.05) is 33.1 Å². The fourth-order valence-corrected chi connectivity index (χ4v) is 3.35. The molecule has 0 spiro atoms. The van der Waals surface area contributed by atoms with E-state index in [4.69, 9.17) is 0 Å². The third-order valence-electron chi connectivity index (χ3n) is 4.05. The van der Waals surface area contributed by atoms with E-state index in [1.54, 1.807) is 0 Å². The predicted molar refractivity (Wildman–Crippen MR) is 48.4 cm³/mol. The molecule has 2 rings (SSSR count). The first-order valence-electron chi connectivity index (χ1n) is 5.27. The summed E-state index contributed by atoms with van der Waals surface area (Å²) in [7, 11) is 0. The molecule has 0 heterocycles. The SMILES string of the molecule is CC1CC2CCCC(C1)C2C. The third-order valence-corrected chi connectivity index (χ3v) is 4.05. The van der Waals surface area contributed by atoms with Gasteiger partial charge in [0.2, 0.25) is 0 Å². The first-order valence-corrected chi connectivity index (χ1v) is 5.27. The molecular weight excluding hydrogens is 132 g/mol. The molecule has 0 aromatic rings. The second-order valence-electron chi connectivity index (χ2n) is 4.89. The van der Waals surface area contributed by atoms with Crippen LogP contribution in [0.25, 0.3) is 0 Å². The van der Waals surface area contributed by atoms with E-state index in [0.29, 0.717) is 0 Å². The molecule has 0 aromatic heterocycles. The van der Waals surface area contributed by atoms with Crippen LogP contribution in [0.15, 0.2) is 0 Å². The molecule has 0 N–H and O–H groups in total. The Morgan fingerprint density at radius 3 is 2.00 bits per heavy atom. The highest BCUT2D eigenvalue weighted by molar-refractivity contribution is 4.86. The van der Waals surface area contributed by atoms with Gasteiger partial charge in [0.1, 0.15) is 0 Å². The Morgan fingerprint density at radius 2 is 1.45 bits per heavy atom. The molecule has 0 radical (unpaired) electrons. The van der Waals surface area contributed by atoms with Gasteiger partial charge in [-0.3, -0.25) is 0 Å². The first kappa shape index (κ1) is 7.64. The molecule has 2 atom stereocenters. The van der Waals surface area contributed by atoms with Crippen molar-refractivity contribution < 1.29 is 0 Å². The lowest BCUT2D eigenvalue weighted by Crippen LogP contribution is -2.33.